The predicted octanol–water partition coefficient (Wildman–Crippen LogP) is 5.13. The Morgan fingerprint density at radius 2 is 1.89 bits per heavy atom. The Morgan fingerprint density at radius 1 is 1.11 bits per heavy atom. The first-order valence-corrected chi connectivity index (χ1v) is 10.6. The van der Waals surface area contributed by atoms with Crippen LogP contribution in [0.1, 0.15) is 44.1 Å². The first kappa shape index (κ1) is 19.3. The molecule has 1 amide bonds. The fraction of sp³-hybridized carbons (Fsp3) is 0.478. The molecular formula is C23H27ClN2O2. The number of amides is 1. The maximum atomic E-state index is 12.9. The molecule has 0 radical (unpaired) electrons. The van der Waals surface area contributed by atoms with Gasteiger partial charge in [0.1, 0.15) is 0 Å². The molecule has 1 aliphatic heterocycles. The molecule has 1 aliphatic carbocycles. The summed E-state index contributed by atoms with van der Waals surface area (Å²) >= 11 is 6.58. The quantitative estimate of drug-likeness (QED) is 0.700. The van der Waals surface area contributed by atoms with Crippen LogP contribution >= 0.6 is 11.6 Å². The number of methoxy groups -OCH3 is 1. The van der Waals surface area contributed by atoms with E-state index in [0.717, 1.165) is 41.1 Å². The van der Waals surface area contributed by atoms with Crippen LogP contribution in [0.3, 0.4) is 0 Å². The number of pyridine rings is 1. The molecule has 1 saturated heterocycles. The van der Waals surface area contributed by atoms with Gasteiger partial charge >= 0.3 is 0 Å². The van der Waals surface area contributed by atoms with Crippen molar-refractivity contribution in [1.29, 1.82) is 0 Å². The van der Waals surface area contributed by atoms with Gasteiger partial charge in [0.25, 0.3) is 0 Å². The topological polar surface area (TPSA) is 42.4 Å². The van der Waals surface area contributed by atoms with Crippen LogP contribution in [0.4, 0.5) is 0 Å². The predicted molar refractivity (Wildman–Crippen MR) is 112 cm³/mol. The van der Waals surface area contributed by atoms with Crippen molar-refractivity contribution in [3.05, 3.63) is 47.1 Å². The van der Waals surface area contributed by atoms with Crippen molar-refractivity contribution in [3.8, 4) is 17.0 Å². The number of likely N-dealkylation sites (tertiary alicyclic amines) is 1. The summed E-state index contributed by atoms with van der Waals surface area (Å²) in [5.41, 5.74) is 3.07. The highest BCUT2D eigenvalue weighted by Gasteiger charge is 2.36. The number of rotatable bonds is 5. The molecule has 0 N–H and O–H groups in total. The minimum Gasteiger partial charge on any atom is -0.481 e. The van der Waals surface area contributed by atoms with Crippen LogP contribution in [0.25, 0.3) is 11.1 Å². The first-order valence-electron chi connectivity index (χ1n) is 10.2. The van der Waals surface area contributed by atoms with Crippen LogP contribution in [0.15, 0.2) is 36.5 Å². The van der Waals surface area contributed by atoms with Crippen LogP contribution in [0.5, 0.6) is 5.88 Å². The van der Waals surface area contributed by atoms with Gasteiger partial charge in [-0.05, 0) is 48.9 Å². The molecule has 5 heteroatoms. The number of benzene rings is 1. The molecule has 1 aromatic carbocycles. The van der Waals surface area contributed by atoms with Gasteiger partial charge in [-0.2, -0.15) is 0 Å². The molecule has 2 fully saturated rings. The first-order chi connectivity index (χ1) is 13.7. The molecule has 4 rings (SSSR count). The molecule has 28 heavy (non-hydrogen) atoms. The van der Waals surface area contributed by atoms with Crippen LogP contribution in [0.2, 0.25) is 5.02 Å². The smallest absolute Gasteiger partial charge is 0.226 e. The van der Waals surface area contributed by atoms with Crippen molar-refractivity contribution in [2.75, 3.05) is 13.7 Å². The summed E-state index contributed by atoms with van der Waals surface area (Å²) in [5, 5.41) is 0.720. The summed E-state index contributed by atoms with van der Waals surface area (Å²) in [7, 11) is 1.60. The molecule has 1 atom stereocenters. The molecule has 4 nitrogen and oxygen atoms in total. The van der Waals surface area contributed by atoms with Gasteiger partial charge in [0.05, 0.1) is 7.11 Å². The number of carbonyl (C=O) groups is 1. The second kappa shape index (κ2) is 8.52. The molecular weight excluding hydrogens is 372 g/mol. The lowest BCUT2D eigenvalue weighted by molar-refractivity contribution is -0.133. The Kier molecular flexibility index (Phi) is 5.86. The van der Waals surface area contributed by atoms with Crippen LogP contribution in [-0.4, -0.2) is 35.5 Å². The summed E-state index contributed by atoms with van der Waals surface area (Å²) in [4.78, 5) is 19.3. The van der Waals surface area contributed by atoms with E-state index in [2.05, 4.69) is 22.0 Å². The largest absolute Gasteiger partial charge is 0.481 e. The SMILES string of the molecule is COc1ccc(-c2ccc(CC3CCN(C4CCCCC4)C3=O)c(Cl)c2)cn1. The number of halogens is 1. The molecule has 2 aliphatic rings. The van der Waals surface area contributed by atoms with Gasteiger partial charge < -0.3 is 9.64 Å². The van der Waals surface area contributed by atoms with Crippen molar-refractivity contribution in [3.63, 3.8) is 0 Å². The lowest BCUT2D eigenvalue weighted by Crippen LogP contribution is -2.39. The van der Waals surface area contributed by atoms with E-state index in [1.807, 2.05) is 18.2 Å². The molecule has 148 valence electrons. The minimum atomic E-state index is 0.0629. The van der Waals surface area contributed by atoms with E-state index >= 15 is 0 Å². The average Bonchev–Trinajstić information content (AvgIpc) is 3.10. The highest BCUT2D eigenvalue weighted by Crippen LogP contribution is 2.33. The number of aromatic nitrogens is 1. The van der Waals surface area contributed by atoms with E-state index in [-0.39, 0.29) is 5.92 Å². The van der Waals surface area contributed by atoms with E-state index in [1.54, 1.807) is 13.3 Å². The van der Waals surface area contributed by atoms with Crippen molar-refractivity contribution in [2.24, 2.45) is 5.92 Å². The van der Waals surface area contributed by atoms with E-state index in [1.165, 1.54) is 32.1 Å². The average molecular weight is 399 g/mol. The fourth-order valence-electron chi connectivity index (χ4n) is 4.54. The minimum absolute atomic E-state index is 0.0629. The van der Waals surface area contributed by atoms with E-state index in [0.29, 0.717) is 17.8 Å². The van der Waals surface area contributed by atoms with Gasteiger partial charge in [-0.1, -0.05) is 43.0 Å². The van der Waals surface area contributed by atoms with Crippen molar-refractivity contribution < 1.29 is 9.53 Å². The second-order valence-corrected chi connectivity index (χ2v) is 8.32. The van der Waals surface area contributed by atoms with E-state index in [9.17, 15) is 4.79 Å². The van der Waals surface area contributed by atoms with Gasteiger partial charge in [0.15, 0.2) is 0 Å². The number of carbonyl (C=O) groups excluding carboxylic acids is 1. The van der Waals surface area contributed by atoms with E-state index < -0.39 is 0 Å². The maximum Gasteiger partial charge on any atom is 0.226 e. The normalized spacial score (nSPS) is 20.6. The number of hydrogen-bond acceptors (Lipinski definition) is 3. The molecule has 1 unspecified atom stereocenters. The lowest BCUT2D eigenvalue weighted by Gasteiger charge is -2.31. The zero-order valence-electron chi connectivity index (χ0n) is 16.4. The summed E-state index contributed by atoms with van der Waals surface area (Å²) in [6.07, 6.45) is 9.62. The number of hydrogen-bond donors (Lipinski definition) is 0. The molecule has 1 aromatic heterocycles. The highest BCUT2D eigenvalue weighted by atomic mass is 35.5. The fourth-order valence-corrected chi connectivity index (χ4v) is 4.80. The Labute approximate surface area is 171 Å². The van der Waals surface area contributed by atoms with Crippen molar-refractivity contribution in [2.45, 2.75) is 51.0 Å². The standard InChI is InChI=1S/C23H27ClN2O2/c1-28-22-10-9-19(15-25-22)16-7-8-17(21(24)14-16)13-18-11-12-26(23(18)27)20-5-3-2-4-6-20/h7-10,14-15,18,20H,2-6,11-13H2,1H3. The summed E-state index contributed by atoms with van der Waals surface area (Å²) in [5.74, 6) is 0.980. The van der Waals surface area contributed by atoms with Crippen LogP contribution in [-0.2, 0) is 11.2 Å². The lowest BCUT2D eigenvalue weighted by atomic mass is 9.93. The van der Waals surface area contributed by atoms with Gasteiger partial charge in [-0.3, -0.25) is 4.79 Å². The third kappa shape index (κ3) is 4.02. The Hall–Kier alpha value is -2.07. The molecule has 2 aromatic rings. The van der Waals surface area contributed by atoms with Gasteiger partial charge in [-0.15, -0.1) is 0 Å². The monoisotopic (exact) mass is 398 g/mol. The van der Waals surface area contributed by atoms with Crippen molar-refractivity contribution in [1.82, 2.24) is 9.88 Å². The van der Waals surface area contributed by atoms with Crippen molar-refractivity contribution >= 4 is 17.5 Å². The third-order valence-corrected chi connectivity index (χ3v) is 6.52. The third-order valence-electron chi connectivity index (χ3n) is 6.16. The van der Waals surface area contributed by atoms with Gasteiger partial charge in [-0.25, -0.2) is 4.98 Å². The Balaban J connectivity index is 1.44. The molecule has 1 saturated carbocycles. The molecule has 0 spiro atoms. The summed E-state index contributed by atoms with van der Waals surface area (Å²) in [6.45, 7) is 0.904. The second-order valence-electron chi connectivity index (χ2n) is 7.91. The summed E-state index contributed by atoms with van der Waals surface area (Å²) in [6, 6.07) is 10.4. The Bertz CT molecular complexity index is 831. The zero-order chi connectivity index (χ0) is 19.5. The van der Waals surface area contributed by atoms with E-state index in [4.69, 9.17) is 16.3 Å². The molecule has 2 heterocycles. The van der Waals surface area contributed by atoms with Crippen LogP contribution < -0.4 is 4.74 Å². The highest BCUT2D eigenvalue weighted by molar-refractivity contribution is 6.31. The zero-order valence-corrected chi connectivity index (χ0v) is 17.1. The van der Waals surface area contributed by atoms with Crippen LogP contribution in [0, 0.1) is 5.92 Å². The number of ether oxygens (including phenoxy) is 1. The Morgan fingerprint density at radius 3 is 2.57 bits per heavy atom. The molecule has 0 bridgehead atoms. The number of nitrogens with zero attached hydrogens (tertiary/aromatic N) is 2. The maximum absolute atomic E-state index is 12.9. The van der Waals surface area contributed by atoms with Gasteiger partial charge in [0, 0.05) is 41.4 Å². The van der Waals surface area contributed by atoms with Gasteiger partial charge in [0.2, 0.25) is 11.8 Å². The summed E-state index contributed by atoms with van der Waals surface area (Å²) < 4.78 is 5.11.